The number of halogens is 2. The molecule has 3 nitrogen and oxygen atoms in total. The normalized spacial score (nSPS) is 10.3. The molecule has 2 aromatic rings. The van der Waals surface area contributed by atoms with Crippen molar-refractivity contribution in [2.45, 2.75) is 13.3 Å². The van der Waals surface area contributed by atoms with Crippen LogP contribution in [0.4, 0.5) is 11.5 Å². The lowest BCUT2D eigenvalue weighted by Crippen LogP contribution is -1.99. The van der Waals surface area contributed by atoms with Gasteiger partial charge in [0.05, 0.1) is 0 Å². The number of nitrogens with one attached hydrogen (secondary N) is 1. The standard InChI is InChI=1S/C12H11ClIN3/c1-2-11-16-10(13)7-12(17-11)15-9-5-3-8(14)4-6-9/h3-7H,2H2,1H3,(H,15,16,17). The second kappa shape index (κ2) is 5.64. The van der Waals surface area contributed by atoms with Crippen molar-refractivity contribution in [3.05, 3.63) is 44.9 Å². The molecule has 0 unspecified atom stereocenters. The van der Waals surface area contributed by atoms with E-state index in [2.05, 4.69) is 37.9 Å². The van der Waals surface area contributed by atoms with Crippen molar-refractivity contribution in [2.24, 2.45) is 0 Å². The highest BCUT2D eigenvalue weighted by Crippen LogP contribution is 2.18. The van der Waals surface area contributed by atoms with Crippen LogP contribution in [-0.2, 0) is 6.42 Å². The molecule has 0 aliphatic rings. The third-order valence-corrected chi connectivity index (χ3v) is 3.09. The molecule has 0 radical (unpaired) electrons. The van der Waals surface area contributed by atoms with Crippen molar-refractivity contribution < 1.29 is 0 Å². The first-order valence-corrected chi connectivity index (χ1v) is 6.69. The molecule has 0 saturated heterocycles. The fourth-order valence-corrected chi connectivity index (χ4v) is 1.93. The van der Waals surface area contributed by atoms with E-state index >= 15 is 0 Å². The van der Waals surface area contributed by atoms with Gasteiger partial charge in [-0.05, 0) is 46.9 Å². The van der Waals surface area contributed by atoms with Crippen molar-refractivity contribution in [2.75, 3.05) is 5.32 Å². The molecular weight excluding hydrogens is 349 g/mol. The van der Waals surface area contributed by atoms with E-state index in [1.54, 1.807) is 6.07 Å². The molecule has 0 saturated carbocycles. The molecule has 0 amide bonds. The van der Waals surface area contributed by atoms with E-state index in [0.29, 0.717) is 5.15 Å². The molecule has 1 N–H and O–H groups in total. The Morgan fingerprint density at radius 3 is 2.59 bits per heavy atom. The van der Waals surface area contributed by atoms with Crippen molar-refractivity contribution in [3.8, 4) is 0 Å². The molecule has 0 aliphatic carbocycles. The van der Waals surface area contributed by atoms with E-state index in [9.17, 15) is 0 Å². The second-order valence-electron chi connectivity index (χ2n) is 3.48. The Morgan fingerprint density at radius 1 is 1.24 bits per heavy atom. The summed E-state index contributed by atoms with van der Waals surface area (Å²) in [5, 5.41) is 3.67. The lowest BCUT2D eigenvalue weighted by Gasteiger charge is -2.07. The summed E-state index contributed by atoms with van der Waals surface area (Å²) in [4.78, 5) is 8.48. The molecule has 0 atom stereocenters. The molecular formula is C12H11ClIN3. The van der Waals surface area contributed by atoms with Crippen LogP contribution in [0.2, 0.25) is 5.15 Å². The van der Waals surface area contributed by atoms with Gasteiger partial charge in [-0.2, -0.15) is 0 Å². The summed E-state index contributed by atoms with van der Waals surface area (Å²) in [6.07, 6.45) is 0.766. The number of benzene rings is 1. The van der Waals surface area contributed by atoms with Crippen molar-refractivity contribution >= 4 is 45.7 Å². The smallest absolute Gasteiger partial charge is 0.135 e. The summed E-state index contributed by atoms with van der Waals surface area (Å²) >= 11 is 8.20. The summed E-state index contributed by atoms with van der Waals surface area (Å²) in [5.41, 5.74) is 0.988. The van der Waals surface area contributed by atoms with E-state index in [-0.39, 0.29) is 0 Å². The van der Waals surface area contributed by atoms with E-state index in [1.807, 2.05) is 31.2 Å². The monoisotopic (exact) mass is 359 g/mol. The van der Waals surface area contributed by atoms with Gasteiger partial charge >= 0.3 is 0 Å². The van der Waals surface area contributed by atoms with E-state index in [1.165, 1.54) is 3.57 Å². The Labute approximate surface area is 119 Å². The van der Waals surface area contributed by atoms with Crippen LogP contribution in [0, 0.1) is 3.57 Å². The Bertz CT molecular complexity index is 514. The average Bonchev–Trinajstić information content (AvgIpc) is 2.31. The van der Waals surface area contributed by atoms with Crippen LogP contribution in [0.3, 0.4) is 0 Å². The molecule has 1 heterocycles. The van der Waals surface area contributed by atoms with Gasteiger partial charge in [0.15, 0.2) is 0 Å². The van der Waals surface area contributed by atoms with Crippen molar-refractivity contribution in [1.82, 2.24) is 9.97 Å². The van der Waals surface area contributed by atoms with Gasteiger partial charge in [-0.25, -0.2) is 9.97 Å². The zero-order chi connectivity index (χ0) is 12.3. The lowest BCUT2D eigenvalue weighted by atomic mass is 10.3. The molecule has 88 valence electrons. The van der Waals surface area contributed by atoms with Gasteiger partial charge in [0.25, 0.3) is 0 Å². The fourth-order valence-electron chi connectivity index (χ4n) is 1.37. The SMILES string of the molecule is CCc1nc(Cl)cc(Nc2ccc(I)cc2)n1. The van der Waals surface area contributed by atoms with Gasteiger partial charge < -0.3 is 5.32 Å². The number of aryl methyl sites for hydroxylation is 1. The van der Waals surface area contributed by atoms with Crippen molar-refractivity contribution in [1.29, 1.82) is 0 Å². The van der Waals surface area contributed by atoms with Crippen LogP contribution in [0.25, 0.3) is 0 Å². The third kappa shape index (κ3) is 3.54. The summed E-state index contributed by atoms with van der Waals surface area (Å²) < 4.78 is 1.20. The number of hydrogen-bond acceptors (Lipinski definition) is 3. The topological polar surface area (TPSA) is 37.8 Å². The van der Waals surface area contributed by atoms with Crippen LogP contribution >= 0.6 is 34.2 Å². The minimum atomic E-state index is 0.463. The Balaban J connectivity index is 2.23. The van der Waals surface area contributed by atoms with Gasteiger partial charge in [-0.3, -0.25) is 0 Å². The highest BCUT2D eigenvalue weighted by molar-refractivity contribution is 14.1. The van der Waals surface area contributed by atoms with E-state index < -0.39 is 0 Å². The molecule has 2 rings (SSSR count). The van der Waals surface area contributed by atoms with E-state index in [0.717, 1.165) is 23.8 Å². The van der Waals surface area contributed by atoms with Gasteiger partial charge in [0.2, 0.25) is 0 Å². The van der Waals surface area contributed by atoms with Gasteiger partial charge in [0.1, 0.15) is 16.8 Å². The van der Waals surface area contributed by atoms with E-state index in [4.69, 9.17) is 11.6 Å². The number of aromatic nitrogens is 2. The summed E-state index contributed by atoms with van der Waals surface area (Å²) in [7, 11) is 0. The Kier molecular flexibility index (Phi) is 4.17. The summed E-state index contributed by atoms with van der Waals surface area (Å²) in [6.45, 7) is 2.00. The maximum absolute atomic E-state index is 5.93. The quantitative estimate of drug-likeness (QED) is 0.664. The first-order chi connectivity index (χ1) is 8.17. The first kappa shape index (κ1) is 12.6. The van der Waals surface area contributed by atoms with Gasteiger partial charge in [-0.1, -0.05) is 18.5 Å². The van der Waals surface area contributed by atoms with Crippen LogP contribution in [-0.4, -0.2) is 9.97 Å². The predicted octanol–water partition coefficient (Wildman–Crippen LogP) is 4.04. The van der Waals surface area contributed by atoms with Gasteiger partial charge in [-0.15, -0.1) is 0 Å². The number of rotatable bonds is 3. The second-order valence-corrected chi connectivity index (χ2v) is 5.11. The summed E-state index contributed by atoms with van der Waals surface area (Å²) in [5.74, 6) is 1.47. The average molecular weight is 360 g/mol. The molecule has 0 bridgehead atoms. The molecule has 0 fully saturated rings. The third-order valence-electron chi connectivity index (χ3n) is 2.17. The van der Waals surface area contributed by atoms with Crippen LogP contribution in [0.5, 0.6) is 0 Å². The van der Waals surface area contributed by atoms with Crippen LogP contribution in [0.15, 0.2) is 30.3 Å². The van der Waals surface area contributed by atoms with Crippen LogP contribution in [0.1, 0.15) is 12.7 Å². The number of nitrogens with zero attached hydrogens (tertiary/aromatic N) is 2. The number of hydrogen-bond donors (Lipinski definition) is 1. The largest absolute Gasteiger partial charge is 0.340 e. The zero-order valence-corrected chi connectivity index (χ0v) is 12.2. The predicted molar refractivity (Wildman–Crippen MR) is 78.9 cm³/mol. The molecule has 5 heteroatoms. The Hall–Kier alpha value is -0.880. The van der Waals surface area contributed by atoms with Crippen LogP contribution < -0.4 is 5.32 Å². The maximum Gasteiger partial charge on any atom is 0.135 e. The molecule has 0 aliphatic heterocycles. The molecule has 1 aromatic heterocycles. The zero-order valence-electron chi connectivity index (χ0n) is 9.24. The maximum atomic E-state index is 5.93. The molecule has 1 aromatic carbocycles. The first-order valence-electron chi connectivity index (χ1n) is 5.23. The minimum absolute atomic E-state index is 0.463. The highest BCUT2D eigenvalue weighted by atomic mass is 127. The lowest BCUT2D eigenvalue weighted by molar-refractivity contribution is 0.943. The molecule has 0 spiro atoms. The van der Waals surface area contributed by atoms with Gasteiger partial charge in [0, 0.05) is 21.7 Å². The number of anilines is 2. The minimum Gasteiger partial charge on any atom is -0.340 e. The highest BCUT2D eigenvalue weighted by Gasteiger charge is 2.02. The van der Waals surface area contributed by atoms with Crippen molar-refractivity contribution in [3.63, 3.8) is 0 Å². The summed E-state index contributed by atoms with van der Waals surface area (Å²) in [6, 6.07) is 9.80. The Morgan fingerprint density at radius 2 is 1.94 bits per heavy atom. The fraction of sp³-hybridized carbons (Fsp3) is 0.167. The molecule has 17 heavy (non-hydrogen) atoms.